The van der Waals surface area contributed by atoms with Gasteiger partial charge in [-0.2, -0.15) is 0 Å². The van der Waals surface area contributed by atoms with Crippen LogP contribution in [0.2, 0.25) is 0 Å². The predicted octanol–water partition coefficient (Wildman–Crippen LogP) is 3.68. The first kappa shape index (κ1) is 12.5. The van der Waals surface area contributed by atoms with Crippen LogP contribution in [0, 0.1) is 0 Å². The number of rotatable bonds is 2. The zero-order chi connectivity index (χ0) is 14.2. The number of hydrogen-bond acceptors (Lipinski definition) is 4. The Morgan fingerprint density at radius 1 is 1.10 bits per heavy atom. The van der Waals surface area contributed by atoms with Gasteiger partial charge in [-0.1, -0.05) is 23.4 Å². The SMILES string of the molecule is COc1ccc(-c2nnn3c2-c2ccccc2SC3)cc1. The minimum absolute atomic E-state index is 0.801. The third kappa shape index (κ3) is 2.01. The van der Waals surface area contributed by atoms with Gasteiger partial charge in [0.1, 0.15) is 11.4 Å². The molecule has 0 atom stereocenters. The minimum atomic E-state index is 0.801. The molecule has 2 aromatic carbocycles. The van der Waals surface area contributed by atoms with Crippen molar-refractivity contribution < 1.29 is 4.74 Å². The Labute approximate surface area is 126 Å². The van der Waals surface area contributed by atoms with Crippen molar-refractivity contribution in [2.75, 3.05) is 7.11 Å². The van der Waals surface area contributed by atoms with E-state index in [-0.39, 0.29) is 0 Å². The summed E-state index contributed by atoms with van der Waals surface area (Å²) in [5.74, 6) is 1.64. The summed E-state index contributed by atoms with van der Waals surface area (Å²) in [4.78, 5) is 1.28. The second kappa shape index (κ2) is 4.93. The van der Waals surface area contributed by atoms with E-state index in [1.54, 1.807) is 18.9 Å². The molecular formula is C16H13N3OS. The van der Waals surface area contributed by atoms with Crippen molar-refractivity contribution in [1.82, 2.24) is 15.0 Å². The molecule has 5 heteroatoms. The zero-order valence-electron chi connectivity index (χ0n) is 11.5. The molecule has 1 aromatic heterocycles. The maximum Gasteiger partial charge on any atom is 0.121 e. The van der Waals surface area contributed by atoms with Crippen molar-refractivity contribution in [2.24, 2.45) is 0 Å². The highest BCUT2D eigenvalue weighted by molar-refractivity contribution is 7.98. The minimum Gasteiger partial charge on any atom is -0.497 e. The average Bonchev–Trinajstić information content (AvgIpc) is 2.99. The maximum atomic E-state index is 5.21. The molecule has 0 spiro atoms. The van der Waals surface area contributed by atoms with Crippen molar-refractivity contribution in [1.29, 1.82) is 0 Å². The van der Waals surface area contributed by atoms with Crippen LogP contribution >= 0.6 is 11.8 Å². The third-order valence-corrected chi connectivity index (χ3v) is 4.62. The lowest BCUT2D eigenvalue weighted by Crippen LogP contribution is -2.05. The van der Waals surface area contributed by atoms with Crippen LogP contribution in [0.15, 0.2) is 53.4 Å². The lowest BCUT2D eigenvalue weighted by molar-refractivity contribution is 0.415. The molecular weight excluding hydrogens is 282 g/mol. The molecule has 104 valence electrons. The molecule has 0 unspecified atom stereocenters. The van der Waals surface area contributed by atoms with Gasteiger partial charge in [0.15, 0.2) is 0 Å². The van der Waals surface area contributed by atoms with E-state index in [1.807, 2.05) is 28.9 Å². The second-order valence-corrected chi connectivity index (χ2v) is 5.77. The summed E-state index contributed by atoms with van der Waals surface area (Å²) in [5.41, 5.74) is 4.27. The van der Waals surface area contributed by atoms with Gasteiger partial charge >= 0.3 is 0 Å². The van der Waals surface area contributed by atoms with E-state index in [9.17, 15) is 0 Å². The van der Waals surface area contributed by atoms with E-state index in [0.29, 0.717) is 0 Å². The number of ether oxygens (including phenoxy) is 1. The topological polar surface area (TPSA) is 39.9 Å². The summed E-state index contributed by atoms with van der Waals surface area (Å²) in [5, 5.41) is 8.67. The molecule has 0 fully saturated rings. The molecule has 1 aliphatic heterocycles. The summed E-state index contributed by atoms with van der Waals surface area (Å²) in [6.45, 7) is 0. The Morgan fingerprint density at radius 2 is 1.90 bits per heavy atom. The summed E-state index contributed by atoms with van der Waals surface area (Å²) in [7, 11) is 1.67. The molecule has 4 rings (SSSR count). The fourth-order valence-electron chi connectivity index (χ4n) is 2.53. The van der Waals surface area contributed by atoms with Crippen molar-refractivity contribution in [3.05, 3.63) is 48.5 Å². The summed E-state index contributed by atoms with van der Waals surface area (Å²) in [6, 6.07) is 16.3. The Hall–Kier alpha value is -2.27. The summed E-state index contributed by atoms with van der Waals surface area (Å²) in [6.07, 6.45) is 0. The molecule has 0 bridgehead atoms. The van der Waals surface area contributed by atoms with Crippen LogP contribution in [0.3, 0.4) is 0 Å². The second-order valence-electron chi connectivity index (χ2n) is 4.78. The number of nitrogens with zero attached hydrogens (tertiary/aromatic N) is 3. The van der Waals surface area contributed by atoms with Gasteiger partial charge < -0.3 is 4.74 Å². The monoisotopic (exact) mass is 295 g/mol. The Kier molecular flexibility index (Phi) is 2.93. The first-order valence-corrected chi connectivity index (χ1v) is 7.65. The molecule has 0 amide bonds. The number of methoxy groups -OCH3 is 1. The van der Waals surface area contributed by atoms with Gasteiger partial charge in [0, 0.05) is 16.0 Å². The van der Waals surface area contributed by atoms with Gasteiger partial charge in [0.25, 0.3) is 0 Å². The lowest BCUT2D eigenvalue weighted by Gasteiger charge is -2.17. The van der Waals surface area contributed by atoms with Crippen molar-refractivity contribution in [2.45, 2.75) is 10.8 Å². The van der Waals surface area contributed by atoms with Crippen LogP contribution in [-0.2, 0) is 5.88 Å². The molecule has 2 heterocycles. The van der Waals surface area contributed by atoms with E-state index >= 15 is 0 Å². The molecule has 0 N–H and O–H groups in total. The highest BCUT2D eigenvalue weighted by atomic mass is 32.2. The van der Waals surface area contributed by atoms with Gasteiger partial charge in [-0.3, -0.25) is 0 Å². The fourth-order valence-corrected chi connectivity index (χ4v) is 3.47. The van der Waals surface area contributed by atoms with Crippen molar-refractivity contribution >= 4 is 11.8 Å². The number of hydrogen-bond donors (Lipinski definition) is 0. The molecule has 0 saturated carbocycles. The van der Waals surface area contributed by atoms with Crippen LogP contribution in [0.5, 0.6) is 5.75 Å². The van der Waals surface area contributed by atoms with Gasteiger partial charge in [0.05, 0.1) is 18.7 Å². The van der Waals surface area contributed by atoms with Crippen LogP contribution in [0.25, 0.3) is 22.5 Å². The normalized spacial score (nSPS) is 12.6. The van der Waals surface area contributed by atoms with E-state index < -0.39 is 0 Å². The van der Waals surface area contributed by atoms with Crippen molar-refractivity contribution in [3.63, 3.8) is 0 Å². The first-order valence-electron chi connectivity index (χ1n) is 6.67. The summed E-state index contributed by atoms with van der Waals surface area (Å²) >= 11 is 1.79. The van der Waals surface area contributed by atoms with E-state index in [2.05, 4.69) is 34.6 Å². The van der Waals surface area contributed by atoms with Crippen LogP contribution < -0.4 is 4.74 Å². The predicted molar refractivity (Wildman–Crippen MR) is 83.3 cm³/mol. The molecule has 21 heavy (non-hydrogen) atoms. The lowest BCUT2D eigenvalue weighted by atomic mass is 10.0. The standard InChI is InChI=1S/C16H13N3OS/c1-20-12-8-6-11(7-9-12)15-16-13-4-2-3-5-14(13)21-10-19(16)18-17-15/h2-9H,10H2,1H3. The maximum absolute atomic E-state index is 5.21. The van der Waals surface area contributed by atoms with E-state index in [0.717, 1.165) is 28.6 Å². The van der Waals surface area contributed by atoms with E-state index in [1.165, 1.54) is 10.5 Å². The Balaban J connectivity index is 1.88. The molecule has 0 aliphatic carbocycles. The highest BCUT2D eigenvalue weighted by Crippen LogP contribution is 2.41. The average molecular weight is 295 g/mol. The largest absolute Gasteiger partial charge is 0.497 e. The van der Waals surface area contributed by atoms with Gasteiger partial charge in [-0.25, -0.2) is 4.68 Å². The number of benzene rings is 2. The molecule has 0 saturated heterocycles. The number of fused-ring (bicyclic) bond motifs is 3. The molecule has 3 aromatic rings. The molecule has 0 radical (unpaired) electrons. The quantitative estimate of drug-likeness (QED) is 0.723. The Morgan fingerprint density at radius 3 is 2.71 bits per heavy atom. The smallest absolute Gasteiger partial charge is 0.121 e. The van der Waals surface area contributed by atoms with Crippen LogP contribution in [0.1, 0.15) is 0 Å². The van der Waals surface area contributed by atoms with Crippen molar-refractivity contribution in [3.8, 4) is 28.3 Å². The van der Waals surface area contributed by atoms with Gasteiger partial charge in [-0.05, 0) is 30.3 Å². The van der Waals surface area contributed by atoms with E-state index in [4.69, 9.17) is 4.74 Å². The first-order chi connectivity index (χ1) is 10.4. The fraction of sp³-hybridized carbons (Fsp3) is 0.125. The summed E-state index contributed by atoms with van der Waals surface area (Å²) < 4.78 is 7.18. The van der Waals surface area contributed by atoms with Crippen LogP contribution in [0.4, 0.5) is 0 Å². The van der Waals surface area contributed by atoms with Gasteiger partial charge in [-0.15, -0.1) is 16.9 Å². The highest BCUT2D eigenvalue weighted by Gasteiger charge is 2.22. The molecule has 1 aliphatic rings. The van der Waals surface area contributed by atoms with Crippen LogP contribution in [-0.4, -0.2) is 22.1 Å². The number of thioether (sulfide) groups is 1. The third-order valence-electron chi connectivity index (χ3n) is 3.58. The number of aromatic nitrogens is 3. The zero-order valence-corrected chi connectivity index (χ0v) is 12.3. The van der Waals surface area contributed by atoms with Gasteiger partial charge in [0.2, 0.25) is 0 Å². The Bertz CT molecular complexity index is 796. The molecule has 4 nitrogen and oxygen atoms in total.